The highest BCUT2D eigenvalue weighted by Gasteiger charge is 2.41. The Morgan fingerprint density at radius 1 is 1.03 bits per heavy atom. The van der Waals surface area contributed by atoms with Crippen LogP contribution in [0.1, 0.15) is 19.4 Å². The van der Waals surface area contributed by atoms with Crippen LogP contribution >= 0.6 is 11.6 Å². The number of carbonyl (C=O) groups is 2. The minimum atomic E-state index is -0.927. The number of allylic oxidation sites excluding steroid dienone is 2. The molecule has 170 valence electrons. The third-order valence-corrected chi connectivity index (χ3v) is 6.34. The molecule has 0 spiro atoms. The van der Waals surface area contributed by atoms with E-state index in [9.17, 15) is 18.4 Å². The van der Waals surface area contributed by atoms with Gasteiger partial charge in [0.25, 0.3) is 5.91 Å². The van der Waals surface area contributed by atoms with Crippen molar-refractivity contribution in [3.8, 4) is 0 Å². The maximum absolute atomic E-state index is 14.0. The van der Waals surface area contributed by atoms with E-state index in [1.165, 1.54) is 0 Å². The summed E-state index contributed by atoms with van der Waals surface area (Å²) in [5.74, 6) is -2.35. The van der Waals surface area contributed by atoms with E-state index in [4.69, 9.17) is 11.6 Å². The summed E-state index contributed by atoms with van der Waals surface area (Å²) in [6, 6.07) is 8.81. The van der Waals surface area contributed by atoms with Gasteiger partial charge in [-0.3, -0.25) is 4.79 Å². The van der Waals surface area contributed by atoms with Crippen LogP contribution in [0.4, 0.5) is 19.3 Å². The van der Waals surface area contributed by atoms with E-state index in [1.54, 1.807) is 36.2 Å². The second-order valence-corrected chi connectivity index (χ2v) is 8.51. The predicted octanol–water partition coefficient (Wildman–Crippen LogP) is 5.51. The maximum atomic E-state index is 14.0. The topological polar surface area (TPSA) is 61.4 Å². The van der Waals surface area contributed by atoms with Gasteiger partial charge in [0.2, 0.25) is 0 Å². The molecule has 1 aliphatic heterocycles. The van der Waals surface area contributed by atoms with Crippen LogP contribution in [0, 0.1) is 17.6 Å². The van der Waals surface area contributed by atoms with Crippen molar-refractivity contribution in [1.29, 1.82) is 0 Å². The van der Waals surface area contributed by atoms with Crippen LogP contribution < -0.4 is 10.6 Å². The maximum Gasteiger partial charge on any atom is 0.323 e. The highest BCUT2D eigenvalue weighted by atomic mass is 35.5. The molecule has 5 nitrogen and oxygen atoms in total. The van der Waals surface area contributed by atoms with Gasteiger partial charge in [-0.25, -0.2) is 13.6 Å². The number of hydrogen-bond acceptors (Lipinski definition) is 2. The third-order valence-electron chi connectivity index (χ3n) is 6.01. The summed E-state index contributed by atoms with van der Waals surface area (Å²) in [6.07, 6.45) is 4.08. The zero-order valence-corrected chi connectivity index (χ0v) is 19.0. The van der Waals surface area contributed by atoms with E-state index in [0.717, 1.165) is 23.3 Å². The molecule has 4 rings (SSSR count). The zero-order valence-electron chi connectivity index (χ0n) is 18.2. The quantitative estimate of drug-likeness (QED) is 0.622. The molecule has 2 N–H and O–H groups in total. The van der Waals surface area contributed by atoms with Gasteiger partial charge in [-0.05, 0) is 43.2 Å². The Morgan fingerprint density at radius 3 is 2.42 bits per heavy atom. The summed E-state index contributed by atoms with van der Waals surface area (Å²) in [5.41, 5.74) is 3.15. The van der Waals surface area contributed by atoms with Crippen molar-refractivity contribution in [1.82, 2.24) is 10.2 Å². The van der Waals surface area contributed by atoms with Crippen LogP contribution in [-0.4, -0.2) is 29.9 Å². The summed E-state index contributed by atoms with van der Waals surface area (Å²) < 4.78 is 27.2. The van der Waals surface area contributed by atoms with E-state index in [1.807, 2.05) is 19.9 Å². The number of urea groups is 1. The molecule has 0 aromatic heterocycles. The van der Waals surface area contributed by atoms with Gasteiger partial charge in [0.1, 0.15) is 17.3 Å². The van der Waals surface area contributed by atoms with Gasteiger partial charge in [0.05, 0.1) is 11.7 Å². The van der Waals surface area contributed by atoms with Crippen LogP contribution in [0.2, 0.25) is 5.02 Å². The molecule has 2 aliphatic rings. The molecule has 2 aromatic carbocycles. The molecule has 0 saturated heterocycles. The fourth-order valence-corrected chi connectivity index (χ4v) is 4.40. The minimum Gasteiger partial charge on any atom is -0.333 e. The van der Waals surface area contributed by atoms with Crippen molar-refractivity contribution < 1.29 is 18.4 Å². The second-order valence-electron chi connectivity index (χ2n) is 8.10. The fraction of sp³-hybridized carbons (Fsp3) is 0.200. The molecular formula is C25H22ClF2N3O2. The van der Waals surface area contributed by atoms with Crippen molar-refractivity contribution in [2.24, 2.45) is 5.92 Å². The number of nitrogens with one attached hydrogen (secondary N) is 2. The van der Waals surface area contributed by atoms with E-state index in [-0.39, 0.29) is 23.3 Å². The van der Waals surface area contributed by atoms with Gasteiger partial charge in [-0.2, -0.15) is 0 Å². The van der Waals surface area contributed by atoms with Crippen LogP contribution in [0.25, 0.3) is 5.57 Å². The highest BCUT2D eigenvalue weighted by Crippen LogP contribution is 2.42. The number of benzene rings is 2. The summed E-state index contributed by atoms with van der Waals surface area (Å²) >= 11 is 6.50. The molecule has 1 heterocycles. The van der Waals surface area contributed by atoms with Crippen LogP contribution in [0.3, 0.4) is 0 Å². The first-order valence-corrected chi connectivity index (χ1v) is 10.7. The molecule has 0 radical (unpaired) electrons. The second kappa shape index (κ2) is 8.83. The van der Waals surface area contributed by atoms with Crippen molar-refractivity contribution in [3.63, 3.8) is 0 Å². The van der Waals surface area contributed by atoms with Gasteiger partial charge in [0.15, 0.2) is 0 Å². The smallest absolute Gasteiger partial charge is 0.323 e. The molecule has 8 heteroatoms. The van der Waals surface area contributed by atoms with E-state index in [0.29, 0.717) is 22.2 Å². The standard InChI is InChI=1S/C25H22ClF2N3O2/c1-13-10-17-21(11-14(13)2)31(3)24(32)23(22(17)16-6-4-5-7-18(16)26)30-25(33)29-20-9-8-15(27)12-19(20)28/h4-12,17,21H,1-3H3,(H2,29,30,33). The van der Waals surface area contributed by atoms with E-state index in [2.05, 4.69) is 16.7 Å². The Hall–Kier alpha value is -3.45. The molecule has 0 bridgehead atoms. The van der Waals surface area contributed by atoms with Crippen molar-refractivity contribution >= 4 is 34.8 Å². The molecule has 33 heavy (non-hydrogen) atoms. The number of anilines is 1. The first-order chi connectivity index (χ1) is 15.7. The normalized spacial score (nSPS) is 20.2. The Balaban J connectivity index is 1.80. The largest absolute Gasteiger partial charge is 0.333 e. The van der Waals surface area contributed by atoms with Crippen LogP contribution in [0.5, 0.6) is 0 Å². The summed E-state index contributed by atoms with van der Waals surface area (Å²) in [6.45, 7) is 3.97. The van der Waals surface area contributed by atoms with Crippen molar-refractivity contribution in [2.45, 2.75) is 19.9 Å². The Labute approximate surface area is 195 Å². The molecular weight excluding hydrogens is 448 g/mol. The van der Waals surface area contributed by atoms with Gasteiger partial charge >= 0.3 is 6.03 Å². The molecule has 0 saturated carbocycles. The number of fused-ring (bicyclic) bond motifs is 1. The lowest BCUT2D eigenvalue weighted by Crippen LogP contribution is -2.50. The Bertz CT molecular complexity index is 1250. The van der Waals surface area contributed by atoms with Crippen molar-refractivity contribution in [3.05, 3.63) is 93.7 Å². The molecule has 1 aliphatic carbocycles. The predicted molar refractivity (Wildman–Crippen MR) is 124 cm³/mol. The lowest BCUT2D eigenvalue weighted by atomic mass is 9.76. The summed E-state index contributed by atoms with van der Waals surface area (Å²) in [7, 11) is 1.67. The highest BCUT2D eigenvalue weighted by molar-refractivity contribution is 6.32. The summed E-state index contributed by atoms with van der Waals surface area (Å²) in [4.78, 5) is 27.7. The zero-order chi connectivity index (χ0) is 23.9. The van der Waals surface area contributed by atoms with Gasteiger partial charge < -0.3 is 15.5 Å². The number of amides is 3. The van der Waals surface area contributed by atoms with Gasteiger partial charge in [-0.15, -0.1) is 0 Å². The first kappa shape index (κ1) is 22.7. The average Bonchev–Trinajstić information content (AvgIpc) is 2.76. The lowest BCUT2D eigenvalue weighted by Gasteiger charge is -2.41. The Morgan fingerprint density at radius 2 is 1.73 bits per heavy atom. The Kier molecular flexibility index (Phi) is 6.08. The monoisotopic (exact) mass is 469 g/mol. The molecule has 0 fully saturated rings. The van der Waals surface area contributed by atoms with Crippen LogP contribution in [-0.2, 0) is 4.79 Å². The SMILES string of the molecule is CC1=CC2C(c3ccccc3Cl)=C(NC(=O)Nc3ccc(F)cc3F)C(=O)N(C)C2C=C1C. The fourth-order valence-electron chi connectivity index (χ4n) is 4.16. The lowest BCUT2D eigenvalue weighted by molar-refractivity contribution is -0.128. The molecule has 2 atom stereocenters. The number of halogens is 3. The van der Waals surface area contributed by atoms with Gasteiger partial charge in [-0.1, -0.05) is 53.1 Å². The summed E-state index contributed by atoms with van der Waals surface area (Å²) in [5, 5.41) is 5.37. The third kappa shape index (κ3) is 4.28. The molecule has 2 unspecified atom stereocenters. The van der Waals surface area contributed by atoms with Crippen molar-refractivity contribution in [2.75, 3.05) is 12.4 Å². The number of likely N-dealkylation sites (N-methyl/N-ethyl adjacent to an activating group) is 1. The number of rotatable bonds is 3. The molecule has 3 amide bonds. The van der Waals surface area contributed by atoms with E-state index >= 15 is 0 Å². The molecule has 2 aromatic rings. The number of hydrogen-bond donors (Lipinski definition) is 2. The average molecular weight is 470 g/mol. The van der Waals surface area contributed by atoms with Crippen LogP contribution in [0.15, 0.2) is 71.5 Å². The minimum absolute atomic E-state index is 0.0453. The van der Waals surface area contributed by atoms with Gasteiger partial charge in [0, 0.05) is 24.1 Å². The number of carbonyl (C=O) groups excluding carboxylic acids is 2. The first-order valence-electron chi connectivity index (χ1n) is 10.3. The van der Waals surface area contributed by atoms with E-state index < -0.39 is 23.6 Å². The number of nitrogens with zero attached hydrogens (tertiary/aromatic N) is 1.